The Balaban J connectivity index is 2.89. The van der Waals surface area contributed by atoms with Crippen molar-refractivity contribution in [1.82, 2.24) is 0 Å². The summed E-state index contributed by atoms with van der Waals surface area (Å²) in [6, 6.07) is 5.60. The van der Waals surface area contributed by atoms with E-state index < -0.39 is 17.8 Å². The van der Waals surface area contributed by atoms with Crippen molar-refractivity contribution >= 4 is 17.6 Å². The van der Waals surface area contributed by atoms with Crippen LogP contribution < -0.4 is 5.32 Å². The van der Waals surface area contributed by atoms with E-state index in [9.17, 15) is 14.0 Å². The van der Waals surface area contributed by atoms with Crippen LogP contribution in [0.5, 0.6) is 0 Å². The highest BCUT2D eigenvalue weighted by molar-refractivity contribution is 6.14. The minimum atomic E-state index is -0.796. The highest BCUT2D eigenvalue weighted by Crippen LogP contribution is 2.10. The lowest BCUT2D eigenvalue weighted by Crippen LogP contribution is -2.19. The Bertz CT molecular complexity index is 494. The number of esters is 2. The van der Waals surface area contributed by atoms with Crippen LogP contribution in [0.15, 0.2) is 36.0 Å². The third-order valence-corrected chi connectivity index (χ3v) is 2.20. The zero-order valence-electron chi connectivity index (χ0n) is 11.3. The maximum atomic E-state index is 13.0. The molecule has 0 aromatic heterocycles. The van der Waals surface area contributed by atoms with E-state index in [4.69, 9.17) is 9.47 Å². The Morgan fingerprint density at radius 3 is 2.30 bits per heavy atom. The van der Waals surface area contributed by atoms with Crippen molar-refractivity contribution in [3.8, 4) is 0 Å². The molecule has 0 amide bonds. The van der Waals surface area contributed by atoms with Gasteiger partial charge in [0.25, 0.3) is 0 Å². The van der Waals surface area contributed by atoms with Crippen molar-refractivity contribution in [2.45, 2.75) is 13.8 Å². The van der Waals surface area contributed by atoms with Crippen molar-refractivity contribution < 1.29 is 23.5 Å². The number of carbonyl (C=O) groups is 2. The lowest BCUT2D eigenvalue weighted by molar-refractivity contribution is -0.146. The molecule has 0 unspecified atom stereocenters. The van der Waals surface area contributed by atoms with Crippen LogP contribution in [0.4, 0.5) is 10.1 Å². The van der Waals surface area contributed by atoms with E-state index in [0.717, 1.165) is 6.20 Å². The van der Waals surface area contributed by atoms with Gasteiger partial charge in [-0.2, -0.15) is 0 Å². The van der Waals surface area contributed by atoms with Crippen LogP contribution in [0.1, 0.15) is 13.8 Å². The van der Waals surface area contributed by atoms with Gasteiger partial charge in [-0.15, -0.1) is 0 Å². The van der Waals surface area contributed by atoms with Crippen molar-refractivity contribution in [3.63, 3.8) is 0 Å². The van der Waals surface area contributed by atoms with E-state index in [1.165, 1.54) is 18.2 Å². The predicted molar refractivity (Wildman–Crippen MR) is 71.4 cm³/mol. The molecule has 6 heteroatoms. The summed E-state index contributed by atoms with van der Waals surface area (Å²) in [6.07, 6.45) is 1.14. The number of halogens is 1. The summed E-state index contributed by atoms with van der Waals surface area (Å²) < 4.78 is 22.5. The first-order chi connectivity index (χ1) is 9.58. The van der Waals surface area contributed by atoms with E-state index in [1.807, 2.05) is 0 Å². The minimum Gasteiger partial charge on any atom is -0.462 e. The molecule has 1 aromatic carbocycles. The molecule has 0 spiro atoms. The zero-order valence-corrected chi connectivity index (χ0v) is 11.3. The number of benzene rings is 1. The summed E-state index contributed by atoms with van der Waals surface area (Å²) in [5, 5.41) is 2.66. The lowest BCUT2D eigenvalue weighted by atomic mass is 10.2. The molecule has 0 radical (unpaired) electrons. The number of anilines is 1. The maximum absolute atomic E-state index is 13.0. The molecule has 1 aromatic rings. The van der Waals surface area contributed by atoms with E-state index in [0.29, 0.717) is 5.69 Å². The summed E-state index contributed by atoms with van der Waals surface area (Å²) in [4.78, 5) is 23.3. The second-order valence-electron chi connectivity index (χ2n) is 3.65. The Hall–Kier alpha value is -2.37. The van der Waals surface area contributed by atoms with Crippen LogP contribution in [0.25, 0.3) is 0 Å². The van der Waals surface area contributed by atoms with Crippen LogP contribution in [0.3, 0.4) is 0 Å². The normalized spacial score (nSPS) is 9.55. The molecular formula is C14H16FNO4. The van der Waals surface area contributed by atoms with Gasteiger partial charge in [0.1, 0.15) is 5.82 Å². The van der Waals surface area contributed by atoms with Gasteiger partial charge in [-0.25, -0.2) is 14.0 Å². The summed E-state index contributed by atoms with van der Waals surface area (Å²) in [5.74, 6) is -2.03. The fourth-order valence-electron chi connectivity index (χ4n) is 1.35. The molecule has 20 heavy (non-hydrogen) atoms. The fraction of sp³-hybridized carbons (Fsp3) is 0.286. The van der Waals surface area contributed by atoms with Crippen LogP contribution in [0, 0.1) is 5.82 Å². The SMILES string of the molecule is CCOC(=O)C(=CNc1cccc(F)c1)C(=O)OCC. The first-order valence-corrected chi connectivity index (χ1v) is 6.15. The molecule has 0 saturated heterocycles. The highest BCUT2D eigenvalue weighted by atomic mass is 19.1. The maximum Gasteiger partial charge on any atom is 0.347 e. The first kappa shape index (κ1) is 15.7. The largest absolute Gasteiger partial charge is 0.462 e. The summed E-state index contributed by atoms with van der Waals surface area (Å²) in [7, 11) is 0. The summed E-state index contributed by atoms with van der Waals surface area (Å²) in [5.41, 5.74) is 0.119. The van der Waals surface area contributed by atoms with Crippen molar-refractivity contribution in [2.75, 3.05) is 18.5 Å². The number of rotatable bonds is 6. The first-order valence-electron chi connectivity index (χ1n) is 6.15. The molecule has 0 aliphatic rings. The monoisotopic (exact) mass is 281 g/mol. The van der Waals surface area contributed by atoms with Crippen molar-refractivity contribution in [1.29, 1.82) is 0 Å². The number of ether oxygens (including phenoxy) is 2. The highest BCUT2D eigenvalue weighted by Gasteiger charge is 2.20. The molecule has 0 atom stereocenters. The smallest absolute Gasteiger partial charge is 0.347 e. The molecule has 5 nitrogen and oxygen atoms in total. The van der Waals surface area contributed by atoms with Gasteiger partial charge in [0.15, 0.2) is 5.57 Å². The standard InChI is InChI=1S/C14H16FNO4/c1-3-19-13(17)12(14(18)20-4-2)9-16-11-7-5-6-10(15)8-11/h5-9,16H,3-4H2,1-2H3. The van der Waals surface area contributed by atoms with Crippen LogP contribution >= 0.6 is 0 Å². The Morgan fingerprint density at radius 1 is 1.20 bits per heavy atom. The summed E-state index contributed by atoms with van der Waals surface area (Å²) >= 11 is 0. The third-order valence-electron chi connectivity index (χ3n) is 2.20. The quantitative estimate of drug-likeness (QED) is 0.375. The number of hydrogen-bond donors (Lipinski definition) is 1. The number of hydrogen-bond acceptors (Lipinski definition) is 5. The molecule has 1 N–H and O–H groups in total. The van der Waals surface area contributed by atoms with Gasteiger partial charge in [0.05, 0.1) is 13.2 Å². The average molecular weight is 281 g/mol. The lowest BCUT2D eigenvalue weighted by Gasteiger charge is -2.07. The van der Waals surface area contributed by atoms with Gasteiger partial charge >= 0.3 is 11.9 Å². The van der Waals surface area contributed by atoms with E-state index in [1.54, 1.807) is 19.9 Å². The number of nitrogens with one attached hydrogen (secondary N) is 1. The van der Waals surface area contributed by atoms with Gasteiger partial charge in [-0.05, 0) is 32.0 Å². The second kappa shape index (κ2) is 7.93. The van der Waals surface area contributed by atoms with Gasteiger partial charge in [0.2, 0.25) is 0 Å². The zero-order chi connectivity index (χ0) is 15.0. The Labute approximate surface area is 116 Å². The molecule has 0 heterocycles. The van der Waals surface area contributed by atoms with Crippen LogP contribution in [-0.4, -0.2) is 25.2 Å². The minimum absolute atomic E-state index is 0.134. The third kappa shape index (κ3) is 4.72. The van der Waals surface area contributed by atoms with Gasteiger partial charge in [0, 0.05) is 11.9 Å². The van der Waals surface area contributed by atoms with Gasteiger partial charge in [-0.3, -0.25) is 0 Å². The van der Waals surface area contributed by atoms with Crippen LogP contribution in [0.2, 0.25) is 0 Å². The molecule has 1 rings (SSSR count). The molecule has 108 valence electrons. The van der Waals surface area contributed by atoms with Gasteiger partial charge < -0.3 is 14.8 Å². The van der Waals surface area contributed by atoms with Crippen molar-refractivity contribution in [3.05, 3.63) is 41.9 Å². The van der Waals surface area contributed by atoms with E-state index in [-0.39, 0.29) is 18.8 Å². The Morgan fingerprint density at radius 2 is 1.80 bits per heavy atom. The second-order valence-corrected chi connectivity index (χ2v) is 3.65. The molecule has 0 saturated carbocycles. The molecule has 0 bridgehead atoms. The Kier molecular flexibility index (Phi) is 6.22. The molecule has 0 aliphatic carbocycles. The summed E-state index contributed by atoms with van der Waals surface area (Å²) in [6.45, 7) is 3.52. The molecule has 0 fully saturated rings. The van der Waals surface area contributed by atoms with Crippen LogP contribution in [-0.2, 0) is 19.1 Å². The van der Waals surface area contributed by atoms with E-state index in [2.05, 4.69) is 5.32 Å². The van der Waals surface area contributed by atoms with E-state index >= 15 is 0 Å². The predicted octanol–water partition coefficient (Wildman–Crippen LogP) is 2.25. The topological polar surface area (TPSA) is 64.6 Å². The average Bonchev–Trinajstić information content (AvgIpc) is 2.39. The molecular weight excluding hydrogens is 265 g/mol. The fourth-order valence-corrected chi connectivity index (χ4v) is 1.35. The molecule has 0 aliphatic heterocycles. The number of carbonyl (C=O) groups excluding carboxylic acids is 2. The van der Waals surface area contributed by atoms with Gasteiger partial charge in [-0.1, -0.05) is 6.07 Å². The van der Waals surface area contributed by atoms with Crippen molar-refractivity contribution in [2.24, 2.45) is 0 Å².